The van der Waals surface area contributed by atoms with Crippen LogP contribution in [0.2, 0.25) is 0 Å². The van der Waals surface area contributed by atoms with E-state index < -0.39 is 11.8 Å². The minimum Gasteiger partial charge on any atom is -0.496 e. The number of methoxy groups -OCH3 is 1. The Bertz CT molecular complexity index is 744. The second kappa shape index (κ2) is 7.04. The summed E-state index contributed by atoms with van der Waals surface area (Å²) >= 11 is 0. The third-order valence-corrected chi connectivity index (χ3v) is 4.60. The molecule has 7 nitrogen and oxygen atoms in total. The summed E-state index contributed by atoms with van der Waals surface area (Å²) in [4.78, 5) is 39.2. The van der Waals surface area contributed by atoms with Gasteiger partial charge in [-0.2, -0.15) is 4.99 Å². The molecule has 1 aliphatic carbocycles. The summed E-state index contributed by atoms with van der Waals surface area (Å²) in [7, 11) is 1.62. The van der Waals surface area contributed by atoms with E-state index in [4.69, 9.17) is 4.74 Å². The van der Waals surface area contributed by atoms with E-state index in [0.717, 1.165) is 17.7 Å². The van der Waals surface area contributed by atoms with Gasteiger partial charge in [0.15, 0.2) is 0 Å². The Hall–Kier alpha value is -2.70. The van der Waals surface area contributed by atoms with E-state index in [1.165, 1.54) is 6.92 Å². The fourth-order valence-corrected chi connectivity index (χ4v) is 2.98. The number of rotatable bonds is 6. The first-order valence-corrected chi connectivity index (χ1v) is 8.34. The maximum atomic E-state index is 12.3. The molecule has 3 rings (SSSR count). The van der Waals surface area contributed by atoms with Crippen LogP contribution in [0, 0.1) is 11.8 Å². The third kappa shape index (κ3) is 3.70. The maximum Gasteiger partial charge on any atom is 0.259 e. The average Bonchev–Trinajstić information content (AvgIpc) is 3.40. The molecule has 7 heteroatoms. The van der Waals surface area contributed by atoms with E-state index in [9.17, 15) is 14.4 Å². The third-order valence-electron chi connectivity index (χ3n) is 4.60. The van der Waals surface area contributed by atoms with Gasteiger partial charge < -0.3 is 15.4 Å². The van der Waals surface area contributed by atoms with E-state index in [-0.39, 0.29) is 23.7 Å². The number of carbonyl (C=O) groups is 3. The van der Waals surface area contributed by atoms with Gasteiger partial charge in [0.25, 0.3) is 5.91 Å². The molecule has 0 spiro atoms. The Balaban J connectivity index is 1.49. The molecule has 1 aliphatic heterocycles. The van der Waals surface area contributed by atoms with Gasteiger partial charge in [-0.05, 0) is 30.9 Å². The van der Waals surface area contributed by atoms with Crippen molar-refractivity contribution in [2.24, 2.45) is 16.8 Å². The highest BCUT2D eigenvalue weighted by Gasteiger charge is 2.45. The van der Waals surface area contributed by atoms with Crippen LogP contribution in [-0.4, -0.2) is 37.2 Å². The Morgan fingerprint density at radius 1 is 1.36 bits per heavy atom. The number of amides is 3. The van der Waals surface area contributed by atoms with E-state index >= 15 is 0 Å². The van der Waals surface area contributed by atoms with Crippen molar-refractivity contribution < 1.29 is 19.1 Å². The number of ether oxygens (including phenoxy) is 1. The molecule has 0 unspecified atom stereocenters. The van der Waals surface area contributed by atoms with Gasteiger partial charge in [-0.3, -0.25) is 14.4 Å². The number of hydrogen-bond acceptors (Lipinski definition) is 4. The first kappa shape index (κ1) is 17.1. The predicted molar refractivity (Wildman–Crippen MR) is 91.2 cm³/mol. The molecule has 0 saturated heterocycles. The van der Waals surface area contributed by atoms with Crippen LogP contribution in [0.4, 0.5) is 0 Å². The van der Waals surface area contributed by atoms with Gasteiger partial charge in [-0.1, -0.05) is 18.2 Å². The van der Waals surface area contributed by atoms with E-state index in [1.807, 2.05) is 24.3 Å². The molecule has 1 saturated carbocycles. The fraction of sp³-hybridized carbons (Fsp3) is 0.444. The zero-order valence-corrected chi connectivity index (χ0v) is 14.2. The second-order valence-electron chi connectivity index (χ2n) is 6.34. The molecule has 132 valence electrons. The Morgan fingerprint density at radius 3 is 2.84 bits per heavy atom. The van der Waals surface area contributed by atoms with Crippen molar-refractivity contribution in [2.45, 2.75) is 25.7 Å². The summed E-state index contributed by atoms with van der Waals surface area (Å²) in [6.45, 7) is 1.85. The number of nitrogens with one attached hydrogen (secondary N) is 2. The predicted octanol–water partition coefficient (Wildman–Crippen LogP) is 0.996. The molecule has 25 heavy (non-hydrogen) atoms. The molecule has 3 atom stereocenters. The van der Waals surface area contributed by atoms with Gasteiger partial charge in [0.2, 0.25) is 11.8 Å². The zero-order valence-electron chi connectivity index (χ0n) is 14.2. The number of benzene rings is 1. The molecule has 2 N–H and O–H groups in total. The minimum absolute atomic E-state index is 0.0293. The largest absolute Gasteiger partial charge is 0.496 e. The lowest BCUT2D eigenvalue weighted by molar-refractivity contribution is -0.132. The summed E-state index contributed by atoms with van der Waals surface area (Å²) in [5.74, 6) is -0.348. The molecule has 1 aromatic carbocycles. The van der Waals surface area contributed by atoms with Gasteiger partial charge in [-0.15, -0.1) is 0 Å². The summed E-state index contributed by atoms with van der Waals surface area (Å²) < 4.78 is 5.34. The highest BCUT2D eigenvalue weighted by Crippen LogP contribution is 2.50. The number of para-hydroxylation sites is 1. The van der Waals surface area contributed by atoms with Gasteiger partial charge >= 0.3 is 0 Å². The number of carbonyl (C=O) groups excluding carboxylic acids is 3. The SMILES string of the molecule is COc1ccccc1[C@@H]1C[C@H]1C(=O)NCCC1=NC(=O)[C@H](C)C(=O)N1. The van der Waals surface area contributed by atoms with Crippen LogP contribution in [-0.2, 0) is 14.4 Å². The number of amidine groups is 1. The van der Waals surface area contributed by atoms with E-state index in [0.29, 0.717) is 18.8 Å². The van der Waals surface area contributed by atoms with E-state index in [1.54, 1.807) is 7.11 Å². The van der Waals surface area contributed by atoms with Crippen LogP contribution in [0.5, 0.6) is 5.75 Å². The summed E-state index contributed by atoms with van der Waals surface area (Å²) in [5.41, 5.74) is 1.05. The molecule has 2 aliphatic rings. The van der Waals surface area contributed by atoms with Crippen molar-refractivity contribution in [1.82, 2.24) is 10.6 Å². The van der Waals surface area contributed by atoms with Gasteiger partial charge in [-0.25, -0.2) is 0 Å². The van der Waals surface area contributed by atoms with Crippen LogP contribution in [0.3, 0.4) is 0 Å². The van der Waals surface area contributed by atoms with Crippen LogP contribution >= 0.6 is 0 Å². The fourth-order valence-electron chi connectivity index (χ4n) is 2.98. The van der Waals surface area contributed by atoms with Crippen LogP contribution in [0.25, 0.3) is 0 Å². The summed E-state index contributed by atoms with van der Waals surface area (Å²) in [5, 5.41) is 5.43. The van der Waals surface area contributed by atoms with Crippen LogP contribution < -0.4 is 15.4 Å². The Labute approximate surface area is 145 Å². The first-order chi connectivity index (χ1) is 12.0. The normalized spacial score (nSPS) is 25.0. The second-order valence-corrected chi connectivity index (χ2v) is 6.34. The van der Waals surface area contributed by atoms with Crippen molar-refractivity contribution in [1.29, 1.82) is 0 Å². The van der Waals surface area contributed by atoms with Crippen molar-refractivity contribution >= 4 is 23.6 Å². The molecule has 3 amide bonds. The van der Waals surface area contributed by atoms with Crippen molar-refractivity contribution in [3.63, 3.8) is 0 Å². The molecule has 1 heterocycles. The molecule has 0 aromatic heterocycles. The smallest absolute Gasteiger partial charge is 0.259 e. The lowest BCUT2D eigenvalue weighted by Crippen LogP contribution is -2.44. The van der Waals surface area contributed by atoms with Crippen LogP contribution in [0.15, 0.2) is 29.3 Å². The molecule has 0 radical (unpaired) electrons. The highest BCUT2D eigenvalue weighted by atomic mass is 16.5. The summed E-state index contributed by atoms with van der Waals surface area (Å²) in [6, 6.07) is 7.72. The molecular formula is C18H21N3O4. The topological polar surface area (TPSA) is 96.9 Å². The Kier molecular flexibility index (Phi) is 4.83. The van der Waals surface area contributed by atoms with E-state index in [2.05, 4.69) is 15.6 Å². The van der Waals surface area contributed by atoms with Gasteiger partial charge in [0, 0.05) is 18.9 Å². The number of nitrogens with zero attached hydrogens (tertiary/aromatic N) is 1. The first-order valence-electron chi connectivity index (χ1n) is 8.34. The zero-order chi connectivity index (χ0) is 18.0. The highest BCUT2D eigenvalue weighted by molar-refractivity contribution is 6.15. The molecular weight excluding hydrogens is 322 g/mol. The molecule has 0 bridgehead atoms. The van der Waals surface area contributed by atoms with Crippen molar-refractivity contribution in [3.8, 4) is 5.75 Å². The summed E-state index contributed by atoms with van der Waals surface area (Å²) in [6.07, 6.45) is 1.11. The van der Waals surface area contributed by atoms with Crippen molar-refractivity contribution in [3.05, 3.63) is 29.8 Å². The quantitative estimate of drug-likeness (QED) is 0.753. The van der Waals surface area contributed by atoms with Crippen molar-refractivity contribution in [2.75, 3.05) is 13.7 Å². The van der Waals surface area contributed by atoms with Gasteiger partial charge in [0.1, 0.15) is 17.5 Å². The standard InChI is InChI=1S/C18H21N3O4/c1-10-16(22)20-15(21-17(10)23)7-8-19-18(24)13-9-12(13)11-5-3-4-6-14(11)25-2/h3-6,10,12-13H,7-9H2,1-2H3,(H,19,24)(H,20,21,22,23)/t12-,13+/m0/s1. The molecule has 1 aromatic rings. The molecule has 1 fully saturated rings. The Morgan fingerprint density at radius 2 is 2.12 bits per heavy atom. The number of hydrogen-bond donors (Lipinski definition) is 2. The average molecular weight is 343 g/mol. The number of aliphatic imine (C=N–C) groups is 1. The lowest BCUT2D eigenvalue weighted by atomic mass is 10.1. The lowest BCUT2D eigenvalue weighted by Gasteiger charge is -2.17. The monoisotopic (exact) mass is 343 g/mol. The van der Waals surface area contributed by atoms with Crippen LogP contribution in [0.1, 0.15) is 31.2 Å². The van der Waals surface area contributed by atoms with Gasteiger partial charge in [0.05, 0.1) is 7.11 Å². The maximum absolute atomic E-state index is 12.3. The minimum atomic E-state index is -0.744.